The molecule has 0 amide bonds. The standard InChI is InChI=1S/C10H18/c1-5-8-9(4)10(6-2)7-3/h6,8H,5,7H2,1-4H3. The van der Waals surface area contributed by atoms with Crippen LogP contribution in [0.4, 0.5) is 0 Å². The van der Waals surface area contributed by atoms with Crippen LogP contribution in [0.1, 0.15) is 40.5 Å². The number of hydrogen-bond acceptors (Lipinski definition) is 0. The molecule has 0 aromatic carbocycles. The second-order valence-electron chi connectivity index (χ2n) is 2.46. The Hall–Kier alpha value is -0.520. The molecule has 0 heteroatoms. The molecule has 0 saturated carbocycles. The van der Waals surface area contributed by atoms with Crippen LogP contribution in [0, 0.1) is 0 Å². The van der Waals surface area contributed by atoms with Gasteiger partial charge in [-0.15, -0.1) is 0 Å². The van der Waals surface area contributed by atoms with E-state index >= 15 is 0 Å². The SMILES string of the molecule is CC=C(CC)C(C)=CCC. The van der Waals surface area contributed by atoms with Crippen molar-refractivity contribution >= 4 is 0 Å². The molecule has 0 fully saturated rings. The average Bonchev–Trinajstić information content (AvgIpc) is 1.91. The van der Waals surface area contributed by atoms with Gasteiger partial charge in [-0.05, 0) is 32.3 Å². The maximum atomic E-state index is 2.28. The molecule has 0 aromatic rings. The molecular weight excluding hydrogens is 120 g/mol. The third-order valence-corrected chi connectivity index (χ3v) is 1.75. The molecule has 10 heavy (non-hydrogen) atoms. The molecule has 0 aliphatic heterocycles. The lowest BCUT2D eigenvalue weighted by atomic mass is 10.0. The van der Waals surface area contributed by atoms with Gasteiger partial charge in [0, 0.05) is 0 Å². The van der Waals surface area contributed by atoms with Crippen molar-refractivity contribution in [2.75, 3.05) is 0 Å². The predicted molar refractivity (Wildman–Crippen MR) is 48.1 cm³/mol. The van der Waals surface area contributed by atoms with Crippen molar-refractivity contribution < 1.29 is 0 Å². The van der Waals surface area contributed by atoms with Crippen LogP contribution in [0.2, 0.25) is 0 Å². The van der Waals surface area contributed by atoms with Crippen LogP contribution in [0.25, 0.3) is 0 Å². The molecule has 0 bridgehead atoms. The highest BCUT2D eigenvalue weighted by atomic mass is 14.0. The molecule has 58 valence electrons. The zero-order valence-electron chi connectivity index (χ0n) is 7.57. The molecule has 0 heterocycles. The Kier molecular flexibility index (Phi) is 5.00. The minimum atomic E-state index is 1.14. The van der Waals surface area contributed by atoms with E-state index in [1.165, 1.54) is 11.1 Å². The van der Waals surface area contributed by atoms with Crippen molar-refractivity contribution in [2.24, 2.45) is 0 Å². The second-order valence-corrected chi connectivity index (χ2v) is 2.46. The highest BCUT2D eigenvalue weighted by Crippen LogP contribution is 2.12. The summed E-state index contributed by atoms with van der Waals surface area (Å²) in [4.78, 5) is 0. The van der Waals surface area contributed by atoms with Crippen LogP contribution in [-0.4, -0.2) is 0 Å². The molecular formula is C10H18. The van der Waals surface area contributed by atoms with E-state index in [0.717, 1.165) is 12.8 Å². The molecule has 0 N–H and O–H groups in total. The van der Waals surface area contributed by atoms with Crippen LogP contribution >= 0.6 is 0 Å². The minimum absolute atomic E-state index is 1.14. The summed E-state index contributed by atoms with van der Waals surface area (Å²) in [7, 11) is 0. The lowest BCUT2D eigenvalue weighted by Gasteiger charge is -2.02. The Morgan fingerprint density at radius 2 is 1.90 bits per heavy atom. The maximum absolute atomic E-state index is 2.28. The maximum Gasteiger partial charge on any atom is -0.0308 e. The van der Waals surface area contributed by atoms with Crippen molar-refractivity contribution in [3.05, 3.63) is 23.3 Å². The van der Waals surface area contributed by atoms with Crippen LogP contribution < -0.4 is 0 Å². The van der Waals surface area contributed by atoms with Gasteiger partial charge in [0.1, 0.15) is 0 Å². The first-order valence-electron chi connectivity index (χ1n) is 4.08. The quantitative estimate of drug-likeness (QED) is 0.522. The van der Waals surface area contributed by atoms with Crippen molar-refractivity contribution in [3.8, 4) is 0 Å². The van der Waals surface area contributed by atoms with Gasteiger partial charge >= 0.3 is 0 Å². The molecule has 0 saturated heterocycles. The summed E-state index contributed by atoms with van der Waals surface area (Å²) in [5, 5.41) is 0. The molecule has 0 aromatic heterocycles. The Balaban J connectivity index is 4.16. The van der Waals surface area contributed by atoms with E-state index in [2.05, 4.69) is 39.8 Å². The van der Waals surface area contributed by atoms with Gasteiger partial charge in [-0.3, -0.25) is 0 Å². The fraction of sp³-hybridized carbons (Fsp3) is 0.600. The lowest BCUT2D eigenvalue weighted by Crippen LogP contribution is -1.81. The van der Waals surface area contributed by atoms with E-state index in [1.54, 1.807) is 0 Å². The molecule has 0 spiro atoms. The van der Waals surface area contributed by atoms with Crippen molar-refractivity contribution in [1.29, 1.82) is 0 Å². The summed E-state index contributed by atoms with van der Waals surface area (Å²) >= 11 is 0. The van der Waals surface area contributed by atoms with E-state index in [1.807, 2.05) is 0 Å². The van der Waals surface area contributed by atoms with Crippen molar-refractivity contribution in [2.45, 2.75) is 40.5 Å². The Morgan fingerprint density at radius 3 is 2.20 bits per heavy atom. The van der Waals surface area contributed by atoms with Crippen LogP contribution in [0.15, 0.2) is 23.3 Å². The third kappa shape index (κ3) is 2.86. The first-order valence-corrected chi connectivity index (χ1v) is 4.08. The van der Waals surface area contributed by atoms with Gasteiger partial charge in [0.25, 0.3) is 0 Å². The smallest absolute Gasteiger partial charge is 0.0308 e. The Morgan fingerprint density at radius 1 is 1.30 bits per heavy atom. The highest BCUT2D eigenvalue weighted by Gasteiger charge is 1.92. The van der Waals surface area contributed by atoms with Gasteiger partial charge in [0.2, 0.25) is 0 Å². The summed E-state index contributed by atoms with van der Waals surface area (Å²) < 4.78 is 0. The van der Waals surface area contributed by atoms with Gasteiger partial charge in [0.15, 0.2) is 0 Å². The molecule has 0 nitrogen and oxygen atoms in total. The zero-order chi connectivity index (χ0) is 7.98. The minimum Gasteiger partial charge on any atom is -0.0842 e. The van der Waals surface area contributed by atoms with Gasteiger partial charge in [-0.25, -0.2) is 0 Å². The van der Waals surface area contributed by atoms with Gasteiger partial charge < -0.3 is 0 Å². The molecule has 0 unspecified atom stereocenters. The average molecular weight is 138 g/mol. The molecule has 0 aliphatic carbocycles. The van der Waals surface area contributed by atoms with E-state index in [-0.39, 0.29) is 0 Å². The van der Waals surface area contributed by atoms with Crippen LogP contribution in [-0.2, 0) is 0 Å². The van der Waals surface area contributed by atoms with Crippen molar-refractivity contribution in [3.63, 3.8) is 0 Å². The Bertz CT molecular complexity index is 138. The molecule has 0 radical (unpaired) electrons. The van der Waals surface area contributed by atoms with E-state index in [0.29, 0.717) is 0 Å². The van der Waals surface area contributed by atoms with Gasteiger partial charge in [0.05, 0.1) is 0 Å². The van der Waals surface area contributed by atoms with E-state index < -0.39 is 0 Å². The summed E-state index contributed by atoms with van der Waals surface area (Å²) in [6.45, 7) is 8.66. The highest BCUT2D eigenvalue weighted by molar-refractivity contribution is 5.27. The molecule has 0 aliphatic rings. The molecule has 0 rings (SSSR count). The van der Waals surface area contributed by atoms with Gasteiger partial charge in [-0.1, -0.05) is 31.6 Å². The summed E-state index contributed by atoms with van der Waals surface area (Å²) in [5.41, 5.74) is 2.91. The second kappa shape index (κ2) is 5.28. The normalized spacial score (nSPS) is 14.0. The van der Waals surface area contributed by atoms with E-state index in [4.69, 9.17) is 0 Å². The van der Waals surface area contributed by atoms with Crippen molar-refractivity contribution in [1.82, 2.24) is 0 Å². The summed E-state index contributed by atoms with van der Waals surface area (Å²) in [6, 6.07) is 0. The summed E-state index contributed by atoms with van der Waals surface area (Å²) in [6.07, 6.45) is 6.77. The Labute approximate surface area is 64.6 Å². The fourth-order valence-corrected chi connectivity index (χ4v) is 1.15. The third-order valence-electron chi connectivity index (χ3n) is 1.75. The zero-order valence-corrected chi connectivity index (χ0v) is 7.57. The van der Waals surface area contributed by atoms with Gasteiger partial charge in [-0.2, -0.15) is 0 Å². The number of rotatable bonds is 3. The number of hydrogen-bond donors (Lipinski definition) is 0. The molecule has 0 atom stereocenters. The lowest BCUT2D eigenvalue weighted by molar-refractivity contribution is 1.07. The fourth-order valence-electron chi connectivity index (χ4n) is 1.15. The first-order chi connectivity index (χ1) is 4.76. The summed E-state index contributed by atoms with van der Waals surface area (Å²) in [5.74, 6) is 0. The first kappa shape index (κ1) is 9.48. The predicted octanol–water partition coefficient (Wildman–Crippen LogP) is 3.70. The topological polar surface area (TPSA) is 0 Å². The number of allylic oxidation sites excluding steroid dienone is 4. The van der Waals surface area contributed by atoms with Crippen LogP contribution in [0.5, 0.6) is 0 Å². The monoisotopic (exact) mass is 138 g/mol. The largest absolute Gasteiger partial charge is 0.0842 e. The van der Waals surface area contributed by atoms with E-state index in [9.17, 15) is 0 Å². The van der Waals surface area contributed by atoms with Crippen LogP contribution in [0.3, 0.4) is 0 Å².